The van der Waals surface area contributed by atoms with Gasteiger partial charge in [0.25, 0.3) is 5.91 Å². The van der Waals surface area contributed by atoms with E-state index in [1.54, 1.807) is 0 Å². The van der Waals surface area contributed by atoms with Crippen LogP contribution in [-0.4, -0.2) is 55.3 Å². The molecule has 1 saturated heterocycles. The highest BCUT2D eigenvalue weighted by atomic mass is 19.1. The normalized spacial score (nSPS) is 14.7. The molecule has 0 aliphatic carbocycles. The van der Waals surface area contributed by atoms with Gasteiger partial charge in [-0.2, -0.15) is 0 Å². The van der Waals surface area contributed by atoms with E-state index in [1.807, 2.05) is 24.3 Å². The van der Waals surface area contributed by atoms with Gasteiger partial charge in [0, 0.05) is 25.3 Å². The highest BCUT2D eigenvalue weighted by molar-refractivity contribution is 5.93. The van der Waals surface area contributed by atoms with E-state index in [2.05, 4.69) is 10.2 Å². The van der Waals surface area contributed by atoms with Gasteiger partial charge < -0.3 is 19.5 Å². The first-order chi connectivity index (χ1) is 14.8. The molecule has 0 unspecified atom stereocenters. The highest BCUT2D eigenvalue weighted by Crippen LogP contribution is 2.20. The van der Waals surface area contributed by atoms with E-state index in [1.165, 1.54) is 38.1 Å². The monoisotopic (exact) mass is 430 g/mol. The zero-order valence-electron chi connectivity index (χ0n) is 17.7. The first-order valence-corrected chi connectivity index (χ1v) is 10.1. The van der Waals surface area contributed by atoms with Gasteiger partial charge in [0.2, 0.25) is 0 Å². The molecule has 31 heavy (non-hydrogen) atoms. The van der Waals surface area contributed by atoms with E-state index in [4.69, 9.17) is 14.2 Å². The average Bonchev–Trinajstić information content (AvgIpc) is 2.75. The van der Waals surface area contributed by atoms with Crippen LogP contribution in [0.3, 0.4) is 0 Å². The van der Waals surface area contributed by atoms with Crippen LogP contribution in [0.1, 0.15) is 19.4 Å². The Kier molecular flexibility index (Phi) is 7.59. The van der Waals surface area contributed by atoms with Gasteiger partial charge in [0.1, 0.15) is 11.6 Å². The molecule has 0 bridgehead atoms. The molecule has 2 aromatic carbocycles. The maximum absolute atomic E-state index is 13.0. The summed E-state index contributed by atoms with van der Waals surface area (Å²) >= 11 is 0. The number of halogens is 1. The van der Waals surface area contributed by atoms with Gasteiger partial charge in [0.05, 0.1) is 13.2 Å². The Morgan fingerprint density at radius 2 is 1.71 bits per heavy atom. The lowest BCUT2D eigenvalue weighted by Crippen LogP contribution is -2.41. The number of carbonyl (C=O) groups is 2. The molecule has 1 fully saturated rings. The fourth-order valence-corrected chi connectivity index (χ4v) is 3.05. The molecule has 1 aliphatic rings. The zero-order valence-corrected chi connectivity index (χ0v) is 17.7. The van der Waals surface area contributed by atoms with Gasteiger partial charge >= 0.3 is 5.97 Å². The number of esters is 1. The molecule has 1 amide bonds. The second kappa shape index (κ2) is 10.4. The smallest absolute Gasteiger partial charge is 0.350 e. The molecule has 3 rings (SSSR count). The lowest BCUT2D eigenvalue weighted by molar-refractivity contribution is -0.161. The van der Waals surface area contributed by atoms with Gasteiger partial charge in [-0.3, -0.25) is 9.69 Å². The lowest BCUT2D eigenvalue weighted by atomic mass is 10.1. The van der Waals surface area contributed by atoms with Crippen LogP contribution in [-0.2, 0) is 25.6 Å². The molecule has 0 atom stereocenters. The predicted octanol–water partition coefficient (Wildman–Crippen LogP) is 3.00. The zero-order chi connectivity index (χ0) is 22.3. The van der Waals surface area contributed by atoms with Gasteiger partial charge in [-0.15, -0.1) is 0 Å². The first kappa shape index (κ1) is 22.7. The molecule has 0 spiro atoms. The Morgan fingerprint density at radius 1 is 1.06 bits per heavy atom. The molecule has 0 radical (unpaired) electrons. The van der Waals surface area contributed by atoms with Crippen molar-refractivity contribution in [2.24, 2.45) is 0 Å². The molecule has 1 N–H and O–H groups in total. The minimum absolute atomic E-state index is 0.324. The number of benzene rings is 2. The second-order valence-corrected chi connectivity index (χ2v) is 7.78. The van der Waals surface area contributed by atoms with Crippen molar-refractivity contribution in [2.75, 3.05) is 38.2 Å². The summed E-state index contributed by atoms with van der Waals surface area (Å²) in [4.78, 5) is 26.8. The minimum Gasteiger partial charge on any atom is -0.476 e. The Balaban J connectivity index is 1.44. The first-order valence-electron chi connectivity index (χ1n) is 10.1. The van der Waals surface area contributed by atoms with Gasteiger partial charge in [-0.05, 0) is 55.8 Å². The van der Waals surface area contributed by atoms with Gasteiger partial charge in [0.15, 0.2) is 12.2 Å². The summed E-state index contributed by atoms with van der Waals surface area (Å²) in [5.41, 5.74) is 0.429. The maximum Gasteiger partial charge on any atom is 0.350 e. The number of nitrogens with zero attached hydrogens (tertiary/aromatic N) is 1. The third kappa shape index (κ3) is 7.04. The van der Waals surface area contributed by atoms with Crippen LogP contribution in [0.2, 0.25) is 0 Å². The van der Waals surface area contributed by atoms with Gasteiger partial charge in [-0.25, -0.2) is 9.18 Å². The Bertz CT molecular complexity index is 878. The quantitative estimate of drug-likeness (QED) is 0.649. The van der Waals surface area contributed by atoms with Crippen molar-refractivity contribution in [2.45, 2.75) is 26.0 Å². The van der Waals surface area contributed by atoms with Crippen LogP contribution >= 0.6 is 0 Å². The molecule has 0 saturated carbocycles. The fraction of sp³-hybridized carbons (Fsp3) is 0.391. The topological polar surface area (TPSA) is 77.1 Å². The van der Waals surface area contributed by atoms with Crippen LogP contribution in [0.25, 0.3) is 0 Å². The summed E-state index contributed by atoms with van der Waals surface area (Å²) in [5, 5.41) is 2.70. The summed E-state index contributed by atoms with van der Waals surface area (Å²) in [7, 11) is 0. The fourth-order valence-electron chi connectivity index (χ4n) is 3.05. The van der Waals surface area contributed by atoms with E-state index >= 15 is 0 Å². The maximum atomic E-state index is 13.0. The molecule has 8 heteroatoms. The largest absolute Gasteiger partial charge is 0.476 e. The highest BCUT2D eigenvalue weighted by Gasteiger charge is 2.32. The number of nitrogens with one attached hydrogen (secondary N) is 1. The number of rotatable bonds is 8. The van der Waals surface area contributed by atoms with E-state index < -0.39 is 29.9 Å². The van der Waals surface area contributed by atoms with Crippen LogP contribution < -0.4 is 10.1 Å². The number of anilines is 1. The molecule has 7 nitrogen and oxygen atoms in total. The molecule has 1 aliphatic heterocycles. The Morgan fingerprint density at radius 3 is 2.35 bits per heavy atom. The molecule has 166 valence electrons. The van der Waals surface area contributed by atoms with Crippen molar-refractivity contribution in [1.82, 2.24) is 4.90 Å². The lowest BCUT2D eigenvalue weighted by Gasteiger charge is -2.26. The van der Waals surface area contributed by atoms with E-state index in [0.29, 0.717) is 11.4 Å². The third-order valence-corrected chi connectivity index (χ3v) is 4.76. The van der Waals surface area contributed by atoms with Gasteiger partial charge in [-0.1, -0.05) is 12.1 Å². The summed E-state index contributed by atoms with van der Waals surface area (Å²) in [6.07, 6.45) is 0. The molecular formula is C23H27FN2O5. The minimum atomic E-state index is -1.33. The van der Waals surface area contributed by atoms with Crippen molar-refractivity contribution in [3.05, 3.63) is 59.9 Å². The van der Waals surface area contributed by atoms with Crippen LogP contribution in [0.4, 0.5) is 10.1 Å². The standard InChI is InChI=1S/C23H27FN2O5/c1-23(2,31-20-9-5-18(24)6-10-20)22(28)30-16-21(27)25-19-7-3-17(4-8-19)15-26-11-13-29-14-12-26/h3-10H,11-16H2,1-2H3,(H,25,27). The number of hydrogen-bond donors (Lipinski definition) is 1. The second-order valence-electron chi connectivity index (χ2n) is 7.78. The van der Waals surface area contributed by atoms with Crippen LogP contribution in [0.15, 0.2) is 48.5 Å². The average molecular weight is 430 g/mol. The predicted molar refractivity (Wildman–Crippen MR) is 113 cm³/mol. The Hall–Kier alpha value is -2.97. The number of morpholine rings is 1. The SMILES string of the molecule is CC(C)(Oc1ccc(F)cc1)C(=O)OCC(=O)Nc1ccc(CN2CCOCC2)cc1. The summed E-state index contributed by atoms with van der Waals surface area (Å²) in [5.74, 6) is -1.23. The number of ether oxygens (including phenoxy) is 3. The van der Waals surface area contributed by atoms with Crippen molar-refractivity contribution < 1.29 is 28.2 Å². The molecular weight excluding hydrogens is 403 g/mol. The number of amides is 1. The van der Waals surface area contributed by atoms with E-state index in [0.717, 1.165) is 38.4 Å². The van der Waals surface area contributed by atoms with Crippen molar-refractivity contribution in [3.63, 3.8) is 0 Å². The van der Waals surface area contributed by atoms with Crippen LogP contribution in [0, 0.1) is 5.82 Å². The molecule has 1 heterocycles. The molecule has 0 aromatic heterocycles. The van der Waals surface area contributed by atoms with E-state index in [-0.39, 0.29) is 0 Å². The number of carbonyl (C=O) groups excluding carboxylic acids is 2. The van der Waals surface area contributed by atoms with Crippen molar-refractivity contribution in [3.8, 4) is 5.75 Å². The summed E-state index contributed by atoms with van der Waals surface area (Å²) < 4.78 is 29.0. The summed E-state index contributed by atoms with van der Waals surface area (Å²) in [6, 6.07) is 12.8. The van der Waals surface area contributed by atoms with Crippen molar-refractivity contribution >= 4 is 17.6 Å². The van der Waals surface area contributed by atoms with E-state index in [9.17, 15) is 14.0 Å². The molecule has 2 aromatic rings. The van der Waals surface area contributed by atoms with Crippen molar-refractivity contribution in [1.29, 1.82) is 0 Å². The third-order valence-electron chi connectivity index (χ3n) is 4.76. The van der Waals surface area contributed by atoms with Crippen LogP contribution in [0.5, 0.6) is 5.75 Å². The Labute approximate surface area is 181 Å². The summed E-state index contributed by atoms with van der Waals surface area (Å²) in [6.45, 7) is 6.74. The number of hydrogen-bond acceptors (Lipinski definition) is 6.